The lowest BCUT2D eigenvalue weighted by molar-refractivity contribution is 0.0697. The van der Waals surface area contributed by atoms with Gasteiger partial charge in [-0.25, -0.2) is 14.5 Å². The number of carbonyl (C=O) groups is 1. The highest BCUT2D eigenvalue weighted by molar-refractivity contribution is 5.93. The molecule has 0 aliphatic rings. The van der Waals surface area contributed by atoms with Gasteiger partial charge in [0.25, 0.3) is 5.56 Å². The van der Waals surface area contributed by atoms with Gasteiger partial charge in [0.15, 0.2) is 5.82 Å². The Hall–Kier alpha value is -3.15. The Balaban J connectivity index is 2.34. The Morgan fingerprint density at radius 3 is 2.68 bits per heavy atom. The number of hydrogen-bond acceptors (Lipinski definition) is 4. The van der Waals surface area contributed by atoms with Crippen LogP contribution in [0.1, 0.15) is 15.9 Å². The highest BCUT2D eigenvalue weighted by Gasteiger charge is 2.13. The van der Waals surface area contributed by atoms with Crippen molar-refractivity contribution in [2.24, 2.45) is 0 Å². The van der Waals surface area contributed by atoms with E-state index < -0.39 is 11.5 Å². The van der Waals surface area contributed by atoms with E-state index in [4.69, 9.17) is 10.9 Å². The van der Waals surface area contributed by atoms with Gasteiger partial charge in [0.05, 0.1) is 16.5 Å². The number of carboxylic acid groups (broad SMARTS) is 1. The quantitative estimate of drug-likeness (QED) is 0.702. The Morgan fingerprint density at radius 2 is 2.00 bits per heavy atom. The van der Waals surface area contributed by atoms with Crippen LogP contribution < -0.4 is 11.4 Å². The average molecular weight is 295 g/mol. The SMILES string of the molecule is Cc1cccc(-c2nc3cc(C(=O)O)ccc3c(=O)n2N)c1. The van der Waals surface area contributed by atoms with E-state index in [1.54, 1.807) is 6.07 Å². The normalized spacial score (nSPS) is 10.8. The maximum absolute atomic E-state index is 12.3. The van der Waals surface area contributed by atoms with Crippen LogP contribution in [0.25, 0.3) is 22.3 Å². The van der Waals surface area contributed by atoms with Crippen molar-refractivity contribution in [1.29, 1.82) is 0 Å². The summed E-state index contributed by atoms with van der Waals surface area (Å²) in [5.74, 6) is 5.08. The van der Waals surface area contributed by atoms with Gasteiger partial charge in [-0.15, -0.1) is 0 Å². The van der Waals surface area contributed by atoms with Gasteiger partial charge in [-0.3, -0.25) is 4.79 Å². The maximum Gasteiger partial charge on any atom is 0.335 e. The summed E-state index contributed by atoms with van der Waals surface area (Å²) in [7, 11) is 0. The van der Waals surface area contributed by atoms with E-state index >= 15 is 0 Å². The number of hydrogen-bond donors (Lipinski definition) is 2. The molecule has 0 saturated heterocycles. The molecule has 2 aromatic carbocycles. The minimum absolute atomic E-state index is 0.0735. The second-order valence-electron chi connectivity index (χ2n) is 5.02. The zero-order chi connectivity index (χ0) is 15.9. The highest BCUT2D eigenvalue weighted by Crippen LogP contribution is 2.19. The van der Waals surface area contributed by atoms with Crippen molar-refractivity contribution in [1.82, 2.24) is 9.66 Å². The van der Waals surface area contributed by atoms with Gasteiger partial charge < -0.3 is 10.9 Å². The molecule has 0 radical (unpaired) electrons. The number of nitrogen functional groups attached to an aromatic ring is 1. The van der Waals surface area contributed by atoms with E-state index in [0.29, 0.717) is 16.9 Å². The molecule has 3 aromatic rings. The fraction of sp³-hybridized carbons (Fsp3) is 0.0625. The predicted octanol–water partition coefficient (Wildman–Crippen LogP) is 1.78. The van der Waals surface area contributed by atoms with E-state index in [1.165, 1.54) is 18.2 Å². The maximum atomic E-state index is 12.3. The summed E-state index contributed by atoms with van der Waals surface area (Å²) in [5.41, 5.74) is 1.67. The summed E-state index contributed by atoms with van der Waals surface area (Å²) in [6, 6.07) is 11.6. The molecule has 1 heterocycles. The van der Waals surface area contributed by atoms with Crippen molar-refractivity contribution < 1.29 is 9.90 Å². The number of benzene rings is 2. The molecule has 0 fully saturated rings. The zero-order valence-electron chi connectivity index (χ0n) is 11.8. The Morgan fingerprint density at radius 1 is 1.23 bits per heavy atom. The Labute approximate surface area is 125 Å². The molecule has 6 nitrogen and oxygen atoms in total. The Bertz CT molecular complexity index is 960. The first-order valence-corrected chi connectivity index (χ1v) is 6.59. The highest BCUT2D eigenvalue weighted by atomic mass is 16.4. The lowest BCUT2D eigenvalue weighted by Gasteiger charge is -2.10. The molecule has 0 saturated carbocycles. The summed E-state index contributed by atoms with van der Waals surface area (Å²) in [5, 5.41) is 9.34. The fourth-order valence-electron chi connectivity index (χ4n) is 2.32. The third kappa shape index (κ3) is 2.20. The van der Waals surface area contributed by atoms with Crippen LogP contribution in [0.5, 0.6) is 0 Å². The number of rotatable bonds is 2. The summed E-state index contributed by atoms with van der Waals surface area (Å²) in [6.07, 6.45) is 0. The van der Waals surface area contributed by atoms with Crippen molar-refractivity contribution >= 4 is 16.9 Å². The minimum atomic E-state index is -1.07. The molecule has 0 amide bonds. The molecule has 3 N–H and O–H groups in total. The zero-order valence-corrected chi connectivity index (χ0v) is 11.8. The van der Waals surface area contributed by atoms with Gasteiger partial charge in [0.2, 0.25) is 0 Å². The first kappa shape index (κ1) is 13.8. The molecule has 22 heavy (non-hydrogen) atoms. The number of carboxylic acids is 1. The molecular weight excluding hydrogens is 282 g/mol. The smallest absolute Gasteiger partial charge is 0.335 e. The van der Waals surface area contributed by atoms with Gasteiger partial charge in [-0.2, -0.15) is 0 Å². The number of aromatic carboxylic acids is 1. The summed E-state index contributed by atoms with van der Waals surface area (Å²) >= 11 is 0. The predicted molar refractivity (Wildman–Crippen MR) is 83.3 cm³/mol. The van der Waals surface area contributed by atoms with Crippen LogP contribution in [0.15, 0.2) is 47.3 Å². The molecule has 0 atom stereocenters. The van der Waals surface area contributed by atoms with Crippen LogP contribution in [-0.4, -0.2) is 20.7 Å². The van der Waals surface area contributed by atoms with E-state index in [1.807, 2.05) is 25.1 Å². The number of aryl methyl sites for hydroxylation is 1. The van der Waals surface area contributed by atoms with Crippen molar-refractivity contribution in [2.75, 3.05) is 5.84 Å². The molecule has 0 aliphatic carbocycles. The lowest BCUT2D eigenvalue weighted by atomic mass is 10.1. The van der Waals surface area contributed by atoms with Crippen LogP contribution in [0.2, 0.25) is 0 Å². The van der Waals surface area contributed by atoms with E-state index in [2.05, 4.69) is 4.98 Å². The van der Waals surface area contributed by atoms with E-state index in [-0.39, 0.29) is 10.9 Å². The first-order valence-electron chi connectivity index (χ1n) is 6.59. The van der Waals surface area contributed by atoms with Gasteiger partial charge in [0, 0.05) is 5.56 Å². The van der Waals surface area contributed by atoms with Crippen LogP contribution in [0, 0.1) is 6.92 Å². The molecule has 3 rings (SSSR count). The van der Waals surface area contributed by atoms with Gasteiger partial charge >= 0.3 is 5.97 Å². The van der Waals surface area contributed by atoms with Crippen LogP contribution in [-0.2, 0) is 0 Å². The summed E-state index contributed by atoms with van der Waals surface area (Å²) in [4.78, 5) is 27.8. The lowest BCUT2D eigenvalue weighted by Crippen LogP contribution is -2.30. The second kappa shape index (κ2) is 5.00. The van der Waals surface area contributed by atoms with E-state index in [9.17, 15) is 9.59 Å². The third-order valence-electron chi connectivity index (χ3n) is 3.42. The van der Waals surface area contributed by atoms with Crippen molar-refractivity contribution in [3.8, 4) is 11.4 Å². The number of aromatic nitrogens is 2. The minimum Gasteiger partial charge on any atom is -0.478 e. The average Bonchev–Trinajstić information content (AvgIpc) is 2.50. The largest absolute Gasteiger partial charge is 0.478 e. The van der Waals surface area contributed by atoms with Gasteiger partial charge in [0.1, 0.15) is 0 Å². The van der Waals surface area contributed by atoms with Crippen LogP contribution >= 0.6 is 0 Å². The fourth-order valence-corrected chi connectivity index (χ4v) is 2.32. The van der Waals surface area contributed by atoms with Crippen molar-refractivity contribution in [2.45, 2.75) is 6.92 Å². The van der Waals surface area contributed by atoms with Crippen molar-refractivity contribution in [3.05, 3.63) is 63.9 Å². The topological polar surface area (TPSA) is 98.2 Å². The summed E-state index contributed by atoms with van der Waals surface area (Å²) in [6.45, 7) is 1.92. The summed E-state index contributed by atoms with van der Waals surface area (Å²) < 4.78 is 0.984. The monoisotopic (exact) mass is 295 g/mol. The molecular formula is C16H13N3O3. The van der Waals surface area contributed by atoms with Gasteiger partial charge in [-0.1, -0.05) is 23.8 Å². The van der Waals surface area contributed by atoms with E-state index in [0.717, 1.165) is 10.2 Å². The number of nitrogens with zero attached hydrogens (tertiary/aromatic N) is 2. The second-order valence-corrected chi connectivity index (χ2v) is 5.02. The van der Waals surface area contributed by atoms with Crippen LogP contribution in [0.3, 0.4) is 0 Å². The molecule has 0 unspecified atom stereocenters. The molecule has 6 heteroatoms. The van der Waals surface area contributed by atoms with Crippen LogP contribution in [0.4, 0.5) is 0 Å². The molecule has 1 aromatic heterocycles. The third-order valence-corrected chi connectivity index (χ3v) is 3.42. The Kier molecular flexibility index (Phi) is 3.14. The first-order chi connectivity index (χ1) is 10.5. The molecule has 110 valence electrons. The molecule has 0 bridgehead atoms. The number of nitrogens with two attached hydrogens (primary N) is 1. The standard InChI is InChI=1S/C16H13N3O3/c1-9-3-2-4-10(7-9)14-18-13-8-11(16(21)22)5-6-12(13)15(20)19(14)17/h2-8H,17H2,1H3,(H,21,22). The molecule has 0 aliphatic heterocycles. The number of fused-ring (bicyclic) bond motifs is 1. The van der Waals surface area contributed by atoms with Gasteiger partial charge in [-0.05, 0) is 31.2 Å². The van der Waals surface area contributed by atoms with Crippen molar-refractivity contribution in [3.63, 3.8) is 0 Å². The molecule has 0 spiro atoms.